The van der Waals surface area contributed by atoms with E-state index in [0.717, 1.165) is 4.31 Å². The van der Waals surface area contributed by atoms with Crippen LogP contribution in [0.25, 0.3) is 11.4 Å². The Morgan fingerprint density at radius 1 is 1.03 bits per heavy atom. The maximum Gasteiger partial charge on any atom is 0.264 e. The molecule has 0 atom stereocenters. The number of sulfonamides is 1. The number of ether oxygens (including phenoxy) is 1. The molecule has 0 bridgehead atoms. The van der Waals surface area contributed by atoms with Gasteiger partial charge in [-0.15, -0.1) is 0 Å². The molecule has 1 amide bonds. The van der Waals surface area contributed by atoms with E-state index in [1.54, 1.807) is 68.4 Å². The summed E-state index contributed by atoms with van der Waals surface area (Å²) in [5.41, 5.74) is 2.27. The molecule has 0 unspecified atom stereocenters. The molecule has 1 aromatic heterocycles. The zero-order valence-electron chi connectivity index (χ0n) is 19.6. The lowest BCUT2D eigenvalue weighted by Gasteiger charge is -2.22. The van der Waals surface area contributed by atoms with Crippen molar-refractivity contribution in [1.29, 1.82) is 0 Å². The van der Waals surface area contributed by atoms with Gasteiger partial charge in [0, 0.05) is 25.1 Å². The molecule has 0 radical (unpaired) electrons. The Hall–Kier alpha value is -4.18. The van der Waals surface area contributed by atoms with E-state index in [1.807, 2.05) is 0 Å². The number of aromatic nitrogens is 2. The zero-order valence-corrected chi connectivity index (χ0v) is 20.5. The largest absolute Gasteiger partial charge is 0.495 e. The van der Waals surface area contributed by atoms with Crippen LogP contribution in [0.3, 0.4) is 0 Å². The zero-order chi connectivity index (χ0) is 25.2. The second-order valence-corrected chi connectivity index (χ2v) is 9.73. The van der Waals surface area contributed by atoms with Crippen LogP contribution < -0.4 is 14.4 Å². The molecule has 0 aliphatic carbocycles. The van der Waals surface area contributed by atoms with Gasteiger partial charge in [0.25, 0.3) is 15.9 Å². The molecule has 4 aromatic rings. The second-order valence-electron chi connectivity index (χ2n) is 7.76. The molecular formula is C25H24N4O5S. The summed E-state index contributed by atoms with van der Waals surface area (Å²) in [6, 6.07) is 18.3. The van der Waals surface area contributed by atoms with Crippen molar-refractivity contribution >= 4 is 27.3 Å². The summed E-state index contributed by atoms with van der Waals surface area (Å²) in [5.74, 6) is 0.683. The van der Waals surface area contributed by atoms with Crippen molar-refractivity contribution in [2.45, 2.75) is 18.7 Å². The molecule has 0 fully saturated rings. The third-order valence-electron chi connectivity index (χ3n) is 5.48. The Bertz CT molecular complexity index is 1500. The molecule has 1 heterocycles. The highest BCUT2D eigenvalue weighted by Gasteiger charge is 2.25. The standard InChI is InChI=1S/C25H24N4O5S/c1-16-13-14-18(35(31,32)29(3)22-11-7-8-12-23(22)33-4)15-20(16)25(30)27-21-10-6-5-9-19(21)24-26-17(2)34-28-24/h5-15H,1-4H3,(H,27,30). The lowest BCUT2D eigenvalue weighted by molar-refractivity contribution is 0.102. The smallest absolute Gasteiger partial charge is 0.264 e. The van der Waals surface area contributed by atoms with Crippen molar-refractivity contribution < 1.29 is 22.5 Å². The number of para-hydroxylation sites is 3. The molecular weight excluding hydrogens is 468 g/mol. The van der Waals surface area contributed by atoms with Gasteiger partial charge in [-0.2, -0.15) is 4.98 Å². The number of anilines is 2. The maximum atomic E-state index is 13.4. The first-order valence-electron chi connectivity index (χ1n) is 10.7. The number of rotatable bonds is 7. The molecule has 9 nitrogen and oxygen atoms in total. The topological polar surface area (TPSA) is 115 Å². The number of nitrogens with zero attached hydrogens (tertiary/aromatic N) is 3. The van der Waals surface area contributed by atoms with Crippen LogP contribution in [0.5, 0.6) is 5.75 Å². The van der Waals surface area contributed by atoms with Crippen LogP contribution in [0.2, 0.25) is 0 Å². The second kappa shape index (κ2) is 9.59. The van der Waals surface area contributed by atoms with E-state index >= 15 is 0 Å². The molecule has 1 N–H and O–H groups in total. The van der Waals surface area contributed by atoms with Crippen molar-refractivity contribution in [2.24, 2.45) is 0 Å². The van der Waals surface area contributed by atoms with Gasteiger partial charge in [0.2, 0.25) is 11.7 Å². The number of nitrogens with one attached hydrogen (secondary N) is 1. The number of carbonyl (C=O) groups excluding carboxylic acids is 1. The quantitative estimate of drug-likeness (QED) is 0.406. The van der Waals surface area contributed by atoms with Crippen LogP contribution >= 0.6 is 0 Å². The van der Waals surface area contributed by atoms with Gasteiger partial charge in [0.1, 0.15) is 5.75 Å². The van der Waals surface area contributed by atoms with Crippen LogP contribution in [-0.2, 0) is 10.0 Å². The Kier molecular flexibility index (Phi) is 6.57. The van der Waals surface area contributed by atoms with E-state index in [2.05, 4.69) is 15.5 Å². The fourth-order valence-electron chi connectivity index (χ4n) is 3.57. The lowest BCUT2D eigenvalue weighted by atomic mass is 10.1. The van der Waals surface area contributed by atoms with Crippen LogP contribution in [0.4, 0.5) is 11.4 Å². The third kappa shape index (κ3) is 4.73. The summed E-state index contributed by atoms with van der Waals surface area (Å²) in [7, 11) is -1.06. The highest BCUT2D eigenvalue weighted by Crippen LogP contribution is 2.32. The molecule has 0 aliphatic rings. The fraction of sp³-hybridized carbons (Fsp3) is 0.160. The highest BCUT2D eigenvalue weighted by atomic mass is 32.2. The van der Waals surface area contributed by atoms with Gasteiger partial charge in [-0.05, 0) is 48.9 Å². The van der Waals surface area contributed by atoms with E-state index in [-0.39, 0.29) is 10.5 Å². The first-order chi connectivity index (χ1) is 16.7. The van der Waals surface area contributed by atoms with Gasteiger partial charge in [-0.3, -0.25) is 9.10 Å². The monoisotopic (exact) mass is 492 g/mol. The van der Waals surface area contributed by atoms with Gasteiger partial charge in [-0.1, -0.05) is 35.5 Å². The van der Waals surface area contributed by atoms with Gasteiger partial charge >= 0.3 is 0 Å². The van der Waals surface area contributed by atoms with Crippen molar-refractivity contribution in [2.75, 3.05) is 23.8 Å². The normalized spacial score (nSPS) is 11.2. The number of carbonyl (C=O) groups is 1. The van der Waals surface area contributed by atoms with Crippen molar-refractivity contribution in [3.05, 3.63) is 83.7 Å². The summed E-state index contributed by atoms with van der Waals surface area (Å²) in [5, 5.41) is 6.76. The predicted octanol–water partition coefficient (Wildman–Crippen LogP) is 4.44. The van der Waals surface area contributed by atoms with E-state index in [4.69, 9.17) is 9.26 Å². The molecule has 3 aromatic carbocycles. The molecule has 180 valence electrons. The van der Waals surface area contributed by atoms with Crippen LogP contribution in [0.15, 0.2) is 76.1 Å². The van der Waals surface area contributed by atoms with E-state index in [0.29, 0.717) is 40.0 Å². The third-order valence-corrected chi connectivity index (χ3v) is 7.25. The molecule has 0 aliphatic heterocycles. The summed E-state index contributed by atoms with van der Waals surface area (Å²) in [6.07, 6.45) is 0. The Morgan fingerprint density at radius 3 is 2.46 bits per heavy atom. The summed E-state index contributed by atoms with van der Waals surface area (Å²) in [6.45, 7) is 3.42. The van der Waals surface area contributed by atoms with E-state index in [1.165, 1.54) is 26.3 Å². The van der Waals surface area contributed by atoms with Crippen molar-refractivity contribution in [3.8, 4) is 17.1 Å². The average molecular weight is 493 g/mol. The predicted molar refractivity (Wildman–Crippen MR) is 132 cm³/mol. The van der Waals surface area contributed by atoms with E-state index < -0.39 is 15.9 Å². The molecule has 0 saturated heterocycles. The first kappa shape index (κ1) is 24.0. The molecule has 0 saturated carbocycles. The van der Waals surface area contributed by atoms with Gasteiger partial charge in [0.05, 0.1) is 23.4 Å². The van der Waals surface area contributed by atoms with Crippen LogP contribution in [0, 0.1) is 13.8 Å². The number of benzene rings is 3. The van der Waals surface area contributed by atoms with Gasteiger partial charge in [-0.25, -0.2) is 8.42 Å². The van der Waals surface area contributed by atoms with Crippen LogP contribution in [-0.4, -0.2) is 38.6 Å². The SMILES string of the molecule is COc1ccccc1N(C)S(=O)(=O)c1ccc(C)c(C(=O)Nc2ccccc2-c2noc(C)n2)c1. The Morgan fingerprint density at radius 2 is 1.74 bits per heavy atom. The molecule has 35 heavy (non-hydrogen) atoms. The number of methoxy groups -OCH3 is 1. The number of amides is 1. The Labute approximate surface area is 203 Å². The summed E-state index contributed by atoms with van der Waals surface area (Å²) >= 11 is 0. The first-order valence-corrected chi connectivity index (χ1v) is 12.1. The van der Waals surface area contributed by atoms with Crippen LogP contribution in [0.1, 0.15) is 21.8 Å². The lowest BCUT2D eigenvalue weighted by Crippen LogP contribution is -2.27. The molecule has 0 spiro atoms. The molecule has 4 rings (SSSR count). The highest BCUT2D eigenvalue weighted by molar-refractivity contribution is 7.92. The Balaban J connectivity index is 1.67. The van der Waals surface area contributed by atoms with Gasteiger partial charge < -0.3 is 14.6 Å². The van der Waals surface area contributed by atoms with Crippen molar-refractivity contribution in [1.82, 2.24) is 10.1 Å². The minimum Gasteiger partial charge on any atom is -0.495 e. The summed E-state index contributed by atoms with van der Waals surface area (Å²) in [4.78, 5) is 17.4. The number of hydrogen-bond donors (Lipinski definition) is 1. The van der Waals surface area contributed by atoms with Gasteiger partial charge in [0.15, 0.2) is 0 Å². The van der Waals surface area contributed by atoms with E-state index in [9.17, 15) is 13.2 Å². The maximum absolute atomic E-state index is 13.4. The fourth-order valence-corrected chi connectivity index (χ4v) is 4.80. The average Bonchev–Trinajstić information content (AvgIpc) is 3.29. The number of hydrogen-bond acceptors (Lipinski definition) is 7. The molecule has 10 heteroatoms. The minimum atomic E-state index is -3.98. The van der Waals surface area contributed by atoms with Crippen molar-refractivity contribution in [3.63, 3.8) is 0 Å². The number of aryl methyl sites for hydroxylation is 2. The summed E-state index contributed by atoms with van der Waals surface area (Å²) < 4.78 is 38.3. The minimum absolute atomic E-state index is 0.0243.